The number of hydrogen-bond donors (Lipinski definition) is 1. The Hall–Kier alpha value is -4.58. The lowest BCUT2D eigenvalue weighted by Gasteiger charge is -2.20. The van der Waals surface area contributed by atoms with E-state index in [1.165, 1.54) is 38.2 Å². The number of phenolic OH excluding ortho intramolecular Hbond substituents is 1. The maximum atomic E-state index is 14.9. The lowest BCUT2D eigenvalue weighted by Crippen LogP contribution is -2.24. The van der Waals surface area contributed by atoms with Crippen LogP contribution in [0.3, 0.4) is 0 Å². The van der Waals surface area contributed by atoms with Gasteiger partial charge in [-0.05, 0) is 68.8 Å². The highest BCUT2D eigenvalue weighted by molar-refractivity contribution is 6.00. The highest BCUT2D eigenvalue weighted by atomic mass is 19.1. The van der Waals surface area contributed by atoms with E-state index < -0.39 is 17.6 Å². The molecule has 0 saturated carbocycles. The van der Waals surface area contributed by atoms with Crippen molar-refractivity contribution in [2.24, 2.45) is 0 Å². The van der Waals surface area contributed by atoms with E-state index in [1.54, 1.807) is 25.3 Å². The van der Waals surface area contributed by atoms with Crippen LogP contribution in [0.1, 0.15) is 37.3 Å². The third-order valence-electron chi connectivity index (χ3n) is 9.12. The predicted octanol–water partition coefficient (Wildman–Crippen LogP) is 5.41. The number of aromatic nitrogens is 4. The molecule has 2 aromatic carbocycles. The largest absolute Gasteiger partial charge is 0.508 e. The number of aromatic hydroxyl groups is 1. The van der Waals surface area contributed by atoms with Crippen molar-refractivity contribution >= 4 is 27.5 Å². The van der Waals surface area contributed by atoms with Crippen molar-refractivity contribution in [3.63, 3.8) is 0 Å². The molecule has 0 aliphatic carbocycles. The maximum absolute atomic E-state index is 14.9. The Labute approximate surface area is 257 Å². The zero-order valence-corrected chi connectivity index (χ0v) is 25.1. The molecule has 234 valence electrons. The van der Waals surface area contributed by atoms with E-state index in [0.717, 1.165) is 19.4 Å². The monoisotopic (exact) mass is 616 g/mol. The van der Waals surface area contributed by atoms with Crippen LogP contribution in [0.4, 0.5) is 14.6 Å². The molecule has 3 aromatic heterocycles. The van der Waals surface area contributed by atoms with E-state index in [2.05, 4.69) is 20.0 Å². The van der Waals surface area contributed by atoms with Crippen LogP contribution in [0, 0.1) is 12.7 Å². The molecule has 1 N–H and O–H groups in total. The number of hydrogen-bond acceptors (Lipinski definition) is 9. The first kappa shape index (κ1) is 29.1. The van der Waals surface area contributed by atoms with Gasteiger partial charge in [-0.15, -0.1) is 0 Å². The Morgan fingerprint density at radius 3 is 2.71 bits per heavy atom. The van der Waals surface area contributed by atoms with Crippen LogP contribution in [0.2, 0.25) is 0 Å². The highest BCUT2D eigenvalue weighted by Crippen LogP contribution is 2.39. The van der Waals surface area contributed by atoms with Gasteiger partial charge in [0.2, 0.25) is 0 Å². The van der Waals surface area contributed by atoms with Crippen LogP contribution < -0.4 is 15.3 Å². The molecule has 0 spiro atoms. The molecular weight excluding hydrogens is 582 g/mol. The predicted molar refractivity (Wildman–Crippen MR) is 166 cm³/mol. The second-order valence-corrected chi connectivity index (χ2v) is 11.9. The van der Waals surface area contributed by atoms with Gasteiger partial charge in [0.25, 0.3) is 0 Å². The summed E-state index contributed by atoms with van der Waals surface area (Å²) in [6, 6.07) is 10.1. The number of phenols is 1. The van der Waals surface area contributed by atoms with Crippen LogP contribution in [-0.2, 0) is 0 Å². The lowest BCUT2D eigenvalue weighted by molar-refractivity contribution is 0.292. The van der Waals surface area contributed by atoms with Crippen LogP contribution >= 0.6 is 0 Å². The van der Waals surface area contributed by atoms with Crippen molar-refractivity contribution in [3.8, 4) is 23.1 Å². The summed E-state index contributed by atoms with van der Waals surface area (Å²) in [5, 5.41) is 15.6. The first-order valence-corrected chi connectivity index (χ1v) is 15.2. The maximum Gasteiger partial charge on any atom is 0.349 e. The fourth-order valence-corrected chi connectivity index (χ4v) is 7.01. The summed E-state index contributed by atoms with van der Waals surface area (Å²) < 4.78 is 40.6. The topological polar surface area (TPSA) is 110 Å². The molecule has 3 unspecified atom stereocenters. The molecule has 12 heteroatoms. The molecule has 45 heavy (non-hydrogen) atoms. The van der Waals surface area contributed by atoms with Crippen LogP contribution in [-0.4, -0.2) is 75.3 Å². The van der Waals surface area contributed by atoms with E-state index >= 15 is 0 Å². The molecule has 0 bridgehead atoms. The van der Waals surface area contributed by atoms with Crippen LogP contribution in [0.25, 0.3) is 33.0 Å². The molecule has 8 rings (SSSR count). The van der Waals surface area contributed by atoms with Crippen molar-refractivity contribution < 1.29 is 23.0 Å². The van der Waals surface area contributed by atoms with Crippen molar-refractivity contribution in [3.05, 3.63) is 70.6 Å². The van der Waals surface area contributed by atoms with Gasteiger partial charge in [-0.25, -0.2) is 13.6 Å². The summed E-state index contributed by atoms with van der Waals surface area (Å²) in [7, 11) is 1.46. The molecule has 3 aliphatic heterocycles. The molecule has 6 heterocycles. The number of nitrogens with zero attached hydrogens (tertiary/aromatic N) is 6. The van der Waals surface area contributed by atoms with E-state index in [-0.39, 0.29) is 39.9 Å². The average molecular weight is 617 g/mol. The smallest absolute Gasteiger partial charge is 0.349 e. The summed E-state index contributed by atoms with van der Waals surface area (Å²) in [6.07, 6.45) is 7.29. The third kappa shape index (κ3) is 5.37. The number of aryl methyl sites for hydroxylation is 1. The number of halogens is 2. The van der Waals surface area contributed by atoms with Gasteiger partial charge in [0.1, 0.15) is 28.9 Å². The minimum Gasteiger partial charge on any atom is -0.508 e. The van der Waals surface area contributed by atoms with E-state index in [0.29, 0.717) is 48.0 Å². The molecule has 3 aliphatic rings. The van der Waals surface area contributed by atoms with Crippen molar-refractivity contribution in [2.75, 3.05) is 38.2 Å². The number of rotatable bonds is 4. The molecule has 5 aromatic rings. The van der Waals surface area contributed by atoms with Gasteiger partial charge >= 0.3 is 11.6 Å². The molecule has 0 radical (unpaired) electrons. The van der Waals surface area contributed by atoms with E-state index in [9.17, 15) is 18.7 Å². The van der Waals surface area contributed by atoms with Gasteiger partial charge in [0.05, 0.1) is 18.7 Å². The Morgan fingerprint density at radius 2 is 1.93 bits per heavy atom. The first-order chi connectivity index (χ1) is 21.8. The minimum absolute atomic E-state index is 0.0760. The Bertz CT molecular complexity index is 1920. The quantitative estimate of drug-likeness (QED) is 0.284. The number of ether oxygens (including phenoxy) is 1. The Balaban J connectivity index is 0.000000308. The average Bonchev–Trinajstić information content (AvgIpc) is 3.84. The number of alkyl halides is 1. The molecule has 3 saturated heterocycles. The summed E-state index contributed by atoms with van der Waals surface area (Å²) in [6.45, 7) is 4.85. The van der Waals surface area contributed by atoms with Gasteiger partial charge in [-0.3, -0.25) is 9.58 Å². The molecular formula is C33H34F2N6O4. The van der Waals surface area contributed by atoms with Crippen molar-refractivity contribution in [2.45, 2.75) is 50.9 Å². The third-order valence-corrected chi connectivity index (χ3v) is 9.12. The number of fused-ring (bicyclic) bond motifs is 3. The summed E-state index contributed by atoms with van der Waals surface area (Å²) >= 11 is 0. The highest BCUT2D eigenvalue weighted by Gasteiger charge is 2.35. The van der Waals surface area contributed by atoms with Gasteiger partial charge < -0.3 is 19.2 Å². The van der Waals surface area contributed by atoms with Crippen LogP contribution in [0.5, 0.6) is 11.8 Å². The molecule has 0 amide bonds. The second-order valence-electron chi connectivity index (χ2n) is 11.9. The number of anilines is 1. The molecule has 3 fully saturated rings. The number of benzene rings is 2. The van der Waals surface area contributed by atoms with Crippen molar-refractivity contribution in [1.82, 2.24) is 24.6 Å². The van der Waals surface area contributed by atoms with Gasteiger partial charge in [0.15, 0.2) is 5.82 Å². The first-order valence-electron chi connectivity index (χ1n) is 15.2. The van der Waals surface area contributed by atoms with Gasteiger partial charge in [-0.1, -0.05) is 12.1 Å². The Morgan fingerprint density at radius 1 is 1.07 bits per heavy atom. The lowest BCUT2D eigenvalue weighted by atomic mass is 9.98. The fraction of sp³-hybridized carbons (Fsp3) is 0.394. The van der Waals surface area contributed by atoms with Crippen LogP contribution in [0.15, 0.2) is 58.0 Å². The Kier molecular flexibility index (Phi) is 7.60. The normalized spacial score (nSPS) is 21.3. The SMILES string of the molecule is COc1nc(N2CCC(n3cccn3)C2)c2c(=O)oc(-c3cc(O)cc4cccc(F)c34)c(C)c2n1.FC1CC2CCCN2C1. The summed E-state index contributed by atoms with van der Waals surface area (Å²) in [5.74, 6) is -0.0248. The van der Waals surface area contributed by atoms with Crippen molar-refractivity contribution in [1.29, 1.82) is 0 Å². The summed E-state index contributed by atoms with van der Waals surface area (Å²) in [4.78, 5) is 26.7. The van der Waals surface area contributed by atoms with Gasteiger partial charge in [0, 0.05) is 54.6 Å². The molecule has 10 nitrogen and oxygen atoms in total. The zero-order valence-electron chi connectivity index (χ0n) is 25.1. The minimum atomic E-state index is -0.654. The fourth-order valence-electron chi connectivity index (χ4n) is 7.01. The number of methoxy groups -OCH3 is 1. The van der Waals surface area contributed by atoms with E-state index in [4.69, 9.17) is 9.15 Å². The summed E-state index contributed by atoms with van der Waals surface area (Å²) in [5.41, 5.74) is 0.459. The van der Waals surface area contributed by atoms with E-state index in [1.807, 2.05) is 21.8 Å². The zero-order chi connectivity index (χ0) is 31.2. The standard InChI is InChI=1S/C26H22FN5O4.C7H12FN/c1-14-22-21(24(30-26(29-22)35-2)31-10-7-16(13-31)32-9-4-8-28-32)25(34)36-23(14)18-12-17(33)11-15-5-3-6-19(27)20(15)18;8-6-4-7-2-1-3-9(7)5-6/h3-6,8-9,11-12,16,33H,7,10,13H2,1-2H3;6-7H,1-5H2. The van der Waals surface area contributed by atoms with Gasteiger partial charge in [-0.2, -0.15) is 15.1 Å². The molecule has 3 atom stereocenters. The second kappa shape index (κ2) is 11.7.